The number of nitrogens with zero attached hydrogens (tertiary/aromatic N) is 2. The molecule has 8 aromatic carbocycles. The number of hydrogen-bond donors (Lipinski definition) is 0. The summed E-state index contributed by atoms with van der Waals surface area (Å²) in [6.45, 7) is 0. The molecule has 0 saturated heterocycles. The number of hydrogen-bond acceptors (Lipinski definition) is 1. The molecule has 0 aliphatic rings. The van der Waals surface area contributed by atoms with E-state index in [-0.39, 0.29) is 0 Å². The lowest BCUT2D eigenvalue weighted by Crippen LogP contribution is -1.96. The first-order valence-corrected chi connectivity index (χ1v) is 17.4. The van der Waals surface area contributed by atoms with Crippen molar-refractivity contribution in [2.45, 2.75) is 0 Å². The van der Waals surface area contributed by atoms with Gasteiger partial charge in [0.25, 0.3) is 0 Å². The van der Waals surface area contributed by atoms with Gasteiger partial charge >= 0.3 is 0 Å². The highest BCUT2D eigenvalue weighted by Gasteiger charge is 2.21. The Kier molecular flexibility index (Phi) is 5.96. The molecule has 0 radical (unpaired) electrons. The van der Waals surface area contributed by atoms with Crippen molar-refractivity contribution in [3.63, 3.8) is 0 Å². The minimum Gasteiger partial charge on any atom is -0.456 e. The number of benzene rings is 8. The van der Waals surface area contributed by atoms with Crippen LogP contribution in [0.3, 0.4) is 0 Å². The van der Waals surface area contributed by atoms with E-state index in [1.807, 2.05) is 12.1 Å². The third-order valence-corrected chi connectivity index (χ3v) is 10.5. The van der Waals surface area contributed by atoms with Gasteiger partial charge in [0.1, 0.15) is 11.2 Å². The van der Waals surface area contributed by atoms with Crippen LogP contribution in [0.1, 0.15) is 0 Å². The Morgan fingerprint density at radius 3 is 1.78 bits per heavy atom. The maximum Gasteiger partial charge on any atom is 0.135 e. The van der Waals surface area contributed by atoms with Crippen molar-refractivity contribution < 1.29 is 4.42 Å². The molecule has 0 saturated carbocycles. The fourth-order valence-corrected chi connectivity index (χ4v) is 8.22. The number of para-hydroxylation sites is 3. The number of furan rings is 1. The van der Waals surface area contributed by atoms with E-state index in [4.69, 9.17) is 4.42 Å². The van der Waals surface area contributed by atoms with Crippen LogP contribution in [0.2, 0.25) is 0 Å². The van der Waals surface area contributed by atoms with Gasteiger partial charge in [-0.15, -0.1) is 0 Å². The average molecular weight is 651 g/mol. The van der Waals surface area contributed by atoms with Gasteiger partial charge < -0.3 is 13.6 Å². The summed E-state index contributed by atoms with van der Waals surface area (Å²) in [5.74, 6) is 0. The largest absolute Gasteiger partial charge is 0.456 e. The summed E-state index contributed by atoms with van der Waals surface area (Å²) >= 11 is 0. The Morgan fingerprint density at radius 1 is 0.314 bits per heavy atom. The first-order valence-electron chi connectivity index (χ1n) is 17.4. The van der Waals surface area contributed by atoms with E-state index in [0.29, 0.717) is 0 Å². The summed E-state index contributed by atoms with van der Waals surface area (Å²) in [7, 11) is 0. The molecule has 0 atom stereocenters. The molecule has 3 aromatic heterocycles. The Bertz CT molecular complexity index is 3120. The Hall–Kier alpha value is -6.84. The molecular formula is C48H30N2O. The van der Waals surface area contributed by atoms with Crippen molar-refractivity contribution in [1.29, 1.82) is 0 Å². The lowest BCUT2D eigenvalue weighted by Gasteiger charge is -2.12. The zero-order chi connectivity index (χ0) is 33.5. The van der Waals surface area contributed by atoms with Crippen molar-refractivity contribution in [3.05, 3.63) is 182 Å². The number of rotatable bonds is 4. The van der Waals surface area contributed by atoms with Gasteiger partial charge in [0.2, 0.25) is 0 Å². The van der Waals surface area contributed by atoms with Crippen LogP contribution in [0, 0.1) is 0 Å². The van der Waals surface area contributed by atoms with E-state index in [1.54, 1.807) is 0 Å². The molecule has 0 aliphatic heterocycles. The van der Waals surface area contributed by atoms with Crippen LogP contribution in [0.25, 0.3) is 99.2 Å². The van der Waals surface area contributed by atoms with Gasteiger partial charge in [-0.3, -0.25) is 0 Å². The highest BCUT2D eigenvalue weighted by atomic mass is 16.3. The summed E-state index contributed by atoms with van der Waals surface area (Å²) in [4.78, 5) is 0. The topological polar surface area (TPSA) is 23.0 Å². The molecule has 0 aliphatic carbocycles. The third kappa shape index (κ3) is 4.19. The van der Waals surface area contributed by atoms with E-state index >= 15 is 0 Å². The van der Waals surface area contributed by atoms with Crippen LogP contribution in [-0.4, -0.2) is 9.13 Å². The predicted molar refractivity (Wildman–Crippen MR) is 213 cm³/mol. The van der Waals surface area contributed by atoms with Crippen molar-refractivity contribution in [2.24, 2.45) is 0 Å². The monoisotopic (exact) mass is 650 g/mol. The highest BCUT2D eigenvalue weighted by Crippen LogP contribution is 2.42. The minimum absolute atomic E-state index is 0.914. The molecule has 0 unspecified atom stereocenters. The van der Waals surface area contributed by atoms with Gasteiger partial charge in [-0.05, 0) is 82.9 Å². The van der Waals surface area contributed by atoms with Crippen LogP contribution in [0.15, 0.2) is 186 Å². The summed E-state index contributed by atoms with van der Waals surface area (Å²) in [5, 5.41) is 7.29. The van der Waals surface area contributed by atoms with Gasteiger partial charge in [-0.2, -0.15) is 0 Å². The molecule has 0 bridgehead atoms. The molecule has 51 heavy (non-hydrogen) atoms. The number of fused-ring (bicyclic) bond motifs is 10. The quantitative estimate of drug-likeness (QED) is 0.186. The van der Waals surface area contributed by atoms with Crippen molar-refractivity contribution >= 4 is 65.6 Å². The second-order valence-corrected chi connectivity index (χ2v) is 13.3. The molecular weight excluding hydrogens is 621 g/mol. The Morgan fingerprint density at radius 2 is 0.941 bits per heavy atom. The summed E-state index contributed by atoms with van der Waals surface area (Å²) in [6.07, 6.45) is 0. The predicted octanol–water partition coefficient (Wildman–Crippen LogP) is 13.1. The van der Waals surface area contributed by atoms with Crippen LogP contribution in [0.4, 0.5) is 0 Å². The lowest BCUT2D eigenvalue weighted by molar-refractivity contribution is 0.669. The first kappa shape index (κ1) is 28.0. The Balaban J connectivity index is 1.13. The van der Waals surface area contributed by atoms with Crippen LogP contribution in [-0.2, 0) is 0 Å². The second-order valence-electron chi connectivity index (χ2n) is 13.3. The molecule has 3 nitrogen and oxygen atoms in total. The summed E-state index contributed by atoms with van der Waals surface area (Å²) in [5.41, 5.74) is 13.7. The van der Waals surface area contributed by atoms with Gasteiger partial charge in [-0.1, -0.05) is 121 Å². The molecule has 0 fully saturated rings. The normalized spacial score (nSPS) is 11.9. The van der Waals surface area contributed by atoms with E-state index in [2.05, 4.69) is 179 Å². The van der Waals surface area contributed by atoms with Crippen LogP contribution in [0.5, 0.6) is 0 Å². The maximum absolute atomic E-state index is 6.10. The molecule has 0 spiro atoms. The smallest absolute Gasteiger partial charge is 0.135 e. The van der Waals surface area contributed by atoms with Crippen molar-refractivity contribution in [1.82, 2.24) is 9.13 Å². The molecule has 0 N–H and O–H groups in total. The van der Waals surface area contributed by atoms with Crippen LogP contribution >= 0.6 is 0 Å². The lowest BCUT2D eigenvalue weighted by atomic mass is 10.0. The van der Waals surface area contributed by atoms with E-state index in [9.17, 15) is 0 Å². The molecule has 0 amide bonds. The SMILES string of the molecule is c1ccc(-c2cccc(-n3c4ccccc4c4ccc5c(c6ccccc6n5-c5ccc(-c6ccc7oc8ccccc8c7c6)cc5)c43)c2)cc1. The maximum atomic E-state index is 6.10. The average Bonchev–Trinajstić information content (AvgIpc) is 3.86. The van der Waals surface area contributed by atoms with Gasteiger partial charge in [0, 0.05) is 43.7 Å². The van der Waals surface area contributed by atoms with Crippen molar-refractivity contribution in [2.75, 3.05) is 0 Å². The fourth-order valence-electron chi connectivity index (χ4n) is 8.22. The first-order chi connectivity index (χ1) is 25.3. The zero-order valence-corrected chi connectivity index (χ0v) is 27.6. The highest BCUT2D eigenvalue weighted by molar-refractivity contribution is 6.26. The summed E-state index contributed by atoms with van der Waals surface area (Å²) < 4.78 is 11.0. The molecule has 238 valence electrons. The molecule has 11 aromatic rings. The molecule has 3 heterocycles. The molecule has 11 rings (SSSR count). The third-order valence-electron chi connectivity index (χ3n) is 10.5. The van der Waals surface area contributed by atoms with E-state index in [1.165, 1.54) is 65.9 Å². The Labute approximate surface area is 293 Å². The summed E-state index contributed by atoms with van der Waals surface area (Å²) in [6, 6.07) is 65.5. The van der Waals surface area contributed by atoms with Gasteiger partial charge in [-0.25, -0.2) is 0 Å². The second kappa shape index (κ2) is 10.8. The van der Waals surface area contributed by atoms with E-state index in [0.717, 1.165) is 33.3 Å². The zero-order valence-electron chi connectivity index (χ0n) is 27.6. The standard InChI is InChI=1S/C48H30N2O/c1-2-11-31(12-3-1)33-13-10-14-36(29-33)50-42-18-7-4-15-37(42)39-26-27-44-47(48(39)50)40-17-5-8-19-43(40)49(44)35-24-21-32(22-25-35)34-23-28-46-41(30-34)38-16-6-9-20-45(38)51-46/h1-30H. The van der Waals surface area contributed by atoms with Crippen LogP contribution < -0.4 is 0 Å². The van der Waals surface area contributed by atoms with Crippen molar-refractivity contribution in [3.8, 4) is 33.6 Å². The number of aromatic nitrogens is 2. The van der Waals surface area contributed by atoms with Gasteiger partial charge in [0.15, 0.2) is 0 Å². The van der Waals surface area contributed by atoms with Gasteiger partial charge in [0.05, 0.1) is 22.1 Å². The minimum atomic E-state index is 0.914. The van der Waals surface area contributed by atoms with E-state index < -0.39 is 0 Å². The molecule has 3 heteroatoms. The fraction of sp³-hybridized carbons (Fsp3) is 0.